The summed E-state index contributed by atoms with van der Waals surface area (Å²) in [4.78, 5) is 24.1. The lowest BCUT2D eigenvalue weighted by atomic mass is 10.1. The fourth-order valence-electron chi connectivity index (χ4n) is 3.84. The number of carbonyl (C=O) groups is 1. The molecule has 1 unspecified atom stereocenters. The van der Waals surface area contributed by atoms with E-state index in [-0.39, 0.29) is 12.5 Å². The molecule has 0 aromatic rings. The molecule has 0 aliphatic carbocycles. The molecule has 1 saturated heterocycles. The first-order valence-electron chi connectivity index (χ1n) is 13.0. The van der Waals surface area contributed by atoms with Gasteiger partial charge in [-0.05, 0) is 38.5 Å². The largest absolute Gasteiger partial charge is 0.472 e. The lowest BCUT2D eigenvalue weighted by molar-refractivity contribution is -0.870. The third kappa shape index (κ3) is 16.5. The monoisotopic (exact) mass is 489 g/mol. The van der Waals surface area contributed by atoms with Crippen LogP contribution in [0.1, 0.15) is 90.4 Å². The Labute approximate surface area is 202 Å². The molecule has 7 nitrogen and oxygen atoms in total. The highest BCUT2D eigenvalue weighted by Gasteiger charge is 2.33. The van der Waals surface area contributed by atoms with Crippen LogP contribution in [0.2, 0.25) is 0 Å². The SMILES string of the molecule is CCCCCC/C=C\CCCCCCCC(=O)N1CC[C@@H](OP(=O)(O)OCC[N+](C)(C)C)C1. The first kappa shape index (κ1) is 30.3. The lowest BCUT2D eigenvalue weighted by Gasteiger charge is -2.24. The van der Waals surface area contributed by atoms with Crippen LogP contribution in [0.25, 0.3) is 0 Å². The number of carbonyl (C=O) groups excluding carboxylic acids is 1. The Morgan fingerprint density at radius 1 is 1.03 bits per heavy atom. The van der Waals surface area contributed by atoms with Crippen molar-refractivity contribution in [3.05, 3.63) is 12.2 Å². The first-order chi connectivity index (χ1) is 15.6. The Morgan fingerprint density at radius 3 is 2.27 bits per heavy atom. The van der Waals surface area contributed by atoms with Gasteiger partial charge < -0.3 is 14.3 Å². The van der Waals surface area contributed by atoms with E-state index in [1.165, 1.54) is 51.4 Å². The van der Waals surface area contributed by atoms with Gasteiger partial charge in [0.2, 0.25) is 5.91 Å². The number of hydrogen-bond acceptors (Lipinski definition) is 4. The smallest absolute Gasteiger partial charge is 0.340 e. The van der Waals surface area contributed by atoms with E-state index in [0.29, 0.717) is 37.0 Å². The zero-order chi connectivity index (χ0) is 24.6. The number of rotatable bonds is 19. The van der Waals surface area contributed by atoms with E-state index in [1.54, 1.807) is 4.90 Å². The summed E-state index contributed by atoms with van der Waals surface area (Å²) in [5.74, 6) is 0.117. The van der Waals surface area contributed by atoms with Crippen LogP contribution in [-0.2, 0) is 18.4 Å². The normalized spacial score (nSPS) is 18.8. The van der Waals surface area contributed by atoms with Crippen LogP contribution in [0.3, 0.4) is 0 Å². The molecule has 194 valence electrons. The highest BCUT2D eigenvalue weighted by Crippen LogP contribution is 2.45. The number of likely N-dealkylation sites (N-methyl/N-ethyl adjacent to an activating group) is 1. The van der Waals surface area contributed by atoms with E-state index in [9.17, 15) is 14.3 Å². The lowest BCUT2D eigenvalue weighted by Crippen LogP contribution is -2.37. The maximum atomic E-state index is 12.4. The van der Waals surface area contributed by atoms with E-state index < -0.39 is 13.9 Å². The van der Waals surface area contributed by atoms with Crippen molar-refractivity contribution in [2.24, 2.45) is 0 Å². The molecule has 1 rings (SSSR count). The average Bonchev–Trinajstić information content (AvgIpc) is 3.18. The highest BCUT2D eigenvalue weighted by atomic mass is 31.2. The van der Waals surface area contributed by atoms with Gasteiger partial charge in [0.05, 0.1) is 27.2 Å². The maximum Gasteiger partial charge on any atom is 0.472 e. The number of quaternary nitrogens is 1. The fraction of sp³-hybridized carbons (Fsp3) is 0.880. The molecule has 0 saturated carbocycles. The number of amides is 1. The van der Waals surface area contributed by atoms with E-state index in [0.717, 1.165) is 19.3 Å². The van der Waals surface area contributed by atoms with Gasteiger partial charge in [-0.15, -0.1) is 0 Å². The molecule has 1 amide bonds. The van der Waals surface area contributed by atoms with Crippen LogP contribution in [0.5, 0.6) is 0 Å². The van der Waals surface area contributed by atoms with Crippen LogP contribution in [0.15, 0.2) is 12.2 Å². The summed E-state index contributed by atoms with van der Waals surface area (Å²) >= 11 is 0. The number of unbranched alkanes of at least 4 members (excludes halogenated alkanes) is 9. The third-order valence-electron chi connectivity index (χ3n) is 5.95. The number of phosphoric ester groups is 1. The van der Waals surface area contributed by atoms with Crippen molar-refractivity contribution in [2.75, 3.05) is 47.4 Å². The van der Waals surface area contributed by atoms with E-state index in [1.807, 2.05) is 21.1 Å². The molecule has 1 heterocycles. The number of hydrogen-bond donors (Lipinski definition) is 1. The predicted octanol–water partition coefficient (Wildman–Crippen LogP) is 5.68. The van der Waals surface area contributed by atoms with Crippen molar-refractivity contribution in [2.45, 2.75) is 96.5 Å². The molecule has 1 aliphatic rings. The van der Waals surface area contributed by atoms with Crippen molar-refractivity contribution in [1.82, 2.24) is 4.90 Å². The van der Waals surface area contributed by atoms with Crippen LogP contribution in [-0.4, -0.2) is 73.7 Å². The minimum atomic E-state index is -4.09. The summed E-state index contributed by atoms with van der Waals surface area (Å²) in [6, 6.07) is 0. The second kappa shape index (κ2) is 16.8. The molecule has 0 spiro atoms. The van der Waals surface area contributed by atoms with Crippen molar-refractivity contribution in [3.8, 4) is 0 Å². The van der Waals surface area contributed by atoms with E-state index in [2.05, 4.69) is 19.1 Å². The van der Waals surface area contributed by atoms with Crippen molar-refractivity contribution >= 4 is 13.7 Å². The van der Waals surface area contributed by atoms with Gasteiger partial charge in [0, 0.05) is 19.5 Å². The quantitative estimate of drug-likeness (QED) is 0.109. The summed E-state index contributed by atoms with van der Waals surface area (Å²) in [5.41, 5.74) is 0. The molecular formula is C25H50N2O5P+. The van der Waals surface area contributed by atoms with Gasteiger partial charge in [-0.25, -0.2) is 4.57 Å². The third-order valence-corrected chi connectivity index (χ3v) is 7.02. The second-order valence-corrected chi connectivity index (χ2v) is 11.7. The molecule has 1 aliphatic heterocycles. The van der Waals surface area contributed by atoms with Crippen molar-refractivity contribution in [3.63, 3.8) is 0 Å². The van der Waals surface area contributed by atoms with E-state index in [4.69, 9.17) is 9.05 Å². The molecule has 33 heavy (non-hydrogen) atoms. The topological polar surface area (TPSA) is 76.1 Å². The van der Waals surface area contributed by atoms with Gasteiger partial charge in [0.15, 0.2) is 0 Å². The van der Waals surface area contributed by atoms with Crippen LogP contribution in [0, 0.1) is 0 Å². The molecule has 0 aromatic carbocycles. The van der Waals surface area contributed by atoms with Gasteiger partial charge in [-0.2, -0.15) is 0 Å². The number of allylic oxidation sites excluding steroid dienone is 2. The van der Waals surface area contributed by atoms with Gasteiger partial charge in [-0.3, -0.25) is 13.8 Å². The summed E-state index contributed by atoms with van der Waals surface area (Å²) in [5, 5.41) is 0. The standard InChI is InChI=1S/C25H49N2O5P/c1-5-6-7-8-9-10-11-12-13-14-15-16-17-18-25(28)26-20-19-24(23-26)32-33(29,30)31-22-21-27(2,3)4/h10-11,24H,5-9,12-23H2,1-4H3/p+1/b11-10-/t24-/m1/s1. The molecular weight excluding hydrogens is 439 g/mol. The van der Waals surface area contributed by atoms with Gasteiger partial charge in [0.25, 0.3) is 0 Å². The molecule has 1 N–H and O–H groups in total. The van der Waals surface area contributed by atoms with Gasteiger partial charge >= 0.3 is 7.82 Å². The first-order valence-corrected chi connectivity index (χ1v) is 14.5. The summed E-state index contributed by atoms with van der Waals surface area (Å²) in [7, 11) is 1.87. The minimum Gasteiger partial charge on any atom is -0.340 e. The summed E-state index contributed by atoms with van der Waals surface area (Å²) in [6.07, 6.45) is 18.6. The van der Waals surface area contributed by atoms with E-state index >= 15 is 0 Å². The molecule has 0 radical (unpaired) electrons. The van der Waals surface area contributed by atoms with Crippen molar-refractivity contribution in [1.29, 1.82) is 0 Å². The minimum absolute atomic E-state index is 0.117. The Kier molecular flexibility index (Phi) is 15.5. The Hall–Kier alpha value is -0.720. The predicted molar refractivity (Wildman–Crippen MR) is 135 cm³/mol. The summed E-state index contributed by atoms with van der Waals surface area (Å²) < 4.78 is 23.2. The Bertz CT molecular complexity index is 606. The molecule has 0 bridgehead atoms. The maximum absolute atomic E-state index is 12.4. The molecule has 1 fully saturated rings. The average molecular weight is 490 g/mol. The van der Waals surface area contributed by atoms with Crippen LogP contribution < -0.4 is 0 Å². The number of phosphoric acid groups is 1. The number of likely N-dealkylation sites (tertiary alicyclic amines) is 1. The molecule has 8 heteroatoms. The van der Waals surface area contributed by atoms with Crippen LogP contribution in [0.4, 0.5) is 0 Å². The van der Waals surface area contributed by atoms with Gasteiger partial charge in [-0.1, -0.05) is 57.6 Å². The van der Waals surface area contributed by atoms with Gasteiger partial charge in [0.1, 0.15) is 13.2 Å². The molecule has 0 aromatic heterocycles. The van der Waals surface area contributed by atoms with Crippen LogP contribution >= 0.6 is 7.82 Å². The Morgan fingerprint density at radius 2 is 1.64 bits per heavy atom. The number of nitrogens with zero attached hydrogens (tertiary/aromatic N) is 2. The molecule has 2 atom stereocenters. The summed E-state index contributed by atoms with van der Waals surface area (Å²) in [6.45, 7) is 3.95. The fourth-order valence-corrected chi connectivity index (χ4v) is 4.76. The zero-order valence-corrected chi connectivity index (χ0v) is 22.6. The Balaban J connectivity index is 2.06. The van der Waals surface area contributed by atoms with Crippen molar-refractivity contribution < 1.29 is 27.8 Å². The zero-order valence-electron chi connectivity index (χ0n) is 21.7. The second-order valence-electron chi connectivity index (χ2n) is 10.3. The highest BCUT2D eigenvalue weighted by molar-refractivity contribution is 7.47.